The lowest BCUT2D eigenvalue weighted by atomic mass is 9.93. The summed E-state index contributed by atoms with van der Waals surface area (Å²) in [5, 5.41) is 9.45. The molecule has 8 nitrogen and oxygen atoms in total. The molecule has 2 fully saturated rings. The molecule has 6 rings (SSSR count). The molecule has 0 unspecified atom stereocenters. The Morgan fingerprint density at radius 3 is 2.50 bits per heavy atom. The Hall–Kier alpha value is -3.75. The quantitative estimate of drug-likeness (QED) is 0.264. The van der Waals surface area contributed by atoms with Crippen molar-refractivity contribution in [3.63, 3.8) is 0 Å². The van der Waals surface area contributed by atoms with Crippen LogP contribution in [0.5, 0.6) is 5.88 Å². The molecule has 2 aliphatic rings. The van der Waals surface area contributed by atoms with E-state index >= 15 is 0 Å². The molecule has 0 bridgehead atoms. The number of carbonyl (C=O) groups is 1. The largest absolute Gasteiger partial charge is 0.478 e. The predicted molar refractivity (Wildman–Crippen MR) is 153 cm³/mol. The molecule has 0 atom stereocenters. The number of carboxylic acids is 1. The van der Waals surface area contributed by atoms with Crippen LogP contribution in [0, 0.1) is 0 Å². The minimum Gasteiger partial charge on any atom is -0.478 e. The van der Waals surface area contributed by atoms with Gasteiger partial charge in [0.05, 0.1) is 29.7 Å². The third kappa shape index (κ3) is 6.03. The highest BCUT2D eigenvalue weighted by Gasteiger charge is 2.25. The Bertz CT molecular complexity index is 1470. The Balaban J connectivity index is 1.07. The van der Waals surface area contributed by atoms with Crippen molar-refractivity contribution >= 4 is 17.0 Å². The first-order chi connectivity index (χ1) is 19.6. The molecule has 2 aromatic heterocycles. The van der Waals surface area contributed by atoms with E-state index < -0.39 is 5.97 Å². The molecule has 1 aliphatic carbocycles. The second kappa shape index (κ2) is 11.8. The number of ether oxygens (including phenoxy) is 2. The van der Waals surface area contributed by atoms with E-state index in [1.54, 1.807) is 25.3 Å². The van der Waals surface area contributed by atoms with Gasteiger partial charge in [0.2, 0.25) is 5.88 Å². The van der Waals surface area contributed by atoms with Crippen molar-refractivity contribution in [2.75, 3.05) is 26.8 Å². The fourth-order valence-corrected chi connectivity index (χ4v) is 5.64. The number of hydrogen-bond acceptors (Lipinski definition) is 6. The van der Waals surface area contributed by atoms with Crippen LogP contribution >= 0.6 is 0 Å². The van der Waals surface area contributed by atoms with E-state index in [1.165, 1.54) is 24.0 Å². The Kier molecular flexibility index (Phi) is 7.80. The van der Waals surface area contributed by atoms with E-state index in [0.717, 1.165) is 54.4 Å². The predicted octanol–water partition coefficient (Wildman–Crippen LogP) is 5.61. The first kappa shape index (κ1) is 26.5. The van der Waals surface area contributed by atoms with Crippen molar-refractivity contribution in [2.45, 2.75) is 57.2 Å². The van der Waals surface area contributed by atoms with Gasteiger partial charge in [-0.3, -0.25) is 4.90 Å². The average Bonchev–Trinajstić information content (AvgIpc) is 3.78. The number of methoxy groups -OCH3 is 1. The molecule has 1 saturated heterocycles. The van der Waals surface area contributed by atoms with Crippen molar-refractivity contribution in [2.24, 2.45) is 0 Å². The number of aromatic nitrogens is 3. The maximum Gasteiger partial charge on any atom is 0.335 e. The summed E-state index contributed by atoms with van der Waals surface area (Å²) in [6, 6.07) is 20.0. The lowest BCUT2D eigenvalue weighted by Crippen LogP contribution is -2.33. The van der Waals surface area contributed by atoms with E-state index in [1.807, 2.05) is 12.1 Å². The fourth-order valence-electron chi connectivity index (χ4n) is 5.64. The van der Waals surface area contributed by atoms with E-state index in [9.17, 15) is 9.90 Å². The lowest BCUT2D eigenvalue weighted by molar-refractivity contribution is 0.0697. The standard InChI is InChI=1S/C32H36N4O4/c1-39-18-17-36-29-19-26(32(37)38)11-12-28(29)33-30(36)20-35-15-13-25(14-16-35)27-3-2-4-31(34-27)40-21-22-5-7-23(8-6-22)24-9-10-24/h2-8,11-12,19,24-25H,9-10,13-18,20-21H2,1H3,(H,37,38). The number of benzene rings is 2. The number of nitrogens with zero attached hydrogens (tertiary/aromatic N) is 4. The number of piperidine rings is 1. The summed E-state index contributed by atoms with van der Waals surface area (Å²) in [6.07, 6.45) is 4.66. The summed E-state index contributed by atoms with van der Waals surface area (Å²) in [7, 11) is 1.67. The number of imidazole rings is 1. The third-order valence-electron chi connectivity index (χ3n) is 8.12. The van der Waals surface area contributed by atoms with Crippen LogP contribution in [0.1, 0.15) is 70.5 Å². The summed E-state index contributed by atoms with van der Waals surface area (Å²) in [6.45, 7) is 4.29. The zero-order valence-corrected chi connectivity index (χ0v) is 23.0. The van der Waals surface area contributed by atoms with Crippen LogP contribution in [0.3, 0.4) is 0 Å². The number of aromatic carboxylic acids is 1. The SMILES string of the molecule is COCCn1c(CN2CCC(c3cccc(OCc4ccc(C5CC5)cc4)n3)CC2)nc2ccc(C(=O)O)cc21. The number of pyridine rings is 1. The van der Waals surface area contributed by atoms with Gasteiger partial charge in [0, 0.05) is 31.3 Å². The molecule has 0 spiro atoms. The molecule has 208 valence electrons. The van der Waals surface area contributed by atoms with Gasteiger partial charge in [-0.15, -0.1) is 0 Å². The zero-order valence-electron chi connectivity index (χ0n) is 23.0. The Morgan fingerprint density at radius 2 is 1.77 bits per heavy atom. The summed E-state index contributed by atoms with van der Waals surface area (Å²) in [4.78, 5) is 23.7. The van der Waals surface area contributed by atoms with Crippen LogP contribution in [0.4, 0.5) is 0 Å². The van der Waals surface area contributed by atoms with Crippen LogP contribution in [0.15, 0.2) is 60.7 Å². The molecule has 8 heteroatoms. The van der Waals surface area contributed by atoms with Gasteiger partial charge in [-0.05, 0) is 80.1 Å². The Morgan fingerprint density at radius 1 is 0.975 bits per heavy atom. The lowest BCUT2D eigenvalue weighted by Gasteiger charge is -2.31. The van der Waals surface area contributed by atoms with Crippen molar-refractivity contribution < 1.29 is 19.4 Å². The second-order valence-corrected chi connectivity index (χ2v) is 10.9. The van der Waals surface area contributed by atoms with Gasteiger partial charge >= 0.3 is 5.97 Å². The van der Waals surface area contributed by atoms with Gasteiger partial charge in [0.1, 0.15) is 12.4 Å². The van der Waals surface area contributed by atoms with Crippen LogP contribution in [0.25, 0.3) is 11.0 Å². The number of hydrogen-bond donors (Lipinski definition) is 1. The Labute approximate surface area is 234 Å². The second-order valence-electron chi connectivity index (χ2n) is 10.9. The van der Waals surface area contributed by atoms with E-state index in [2.05, 4.69) is 39.8 Å². The first-order valence-corrected chi connectivity index (χ1v) is 14.2. The van der Waals surface area contributed by atoms with Crippen molar-refractivity contribution in [1.29, 1.82) is 0 Å². The van der Waals surface area contributed by atoms with Gasteiger partial charge in [-0.25, -0.2) is 14.8 Å². The van der Waals surface area contributed by atoms with E-state index in [-0.39, 0.29) is 5.56 Å². The van der Waals surface area contributed by atoms with Gasteiger partial charge in [0.15, 0.2) is 0 Å². The van der Waals surface area contributed by atoms with Crippen LogP contribution in [-0.4, -0.2) is 57.3 Å². The molecule has 2 aromatic carbocycles. The van der Waals surface area contributed by atoms with Gasteiger partial charge in [0.25, 0.3) is 0 Å². The molecule has 1 N–H and O–H groups in total. The number of rotatable bonds is 11. The number of fused-ring (bicyclic) bond motifs is 1. The summed E-state index contributed by atoms with van der Waals surface area (Å²) >= 11 is 0. The maximum absolute atomic E-state index is 11.5. The van der Waals surface area contributed by atoms with E-state index in [4.69, 9.17) is 19.4 Å². The molecule has 1 saturated carbocycles. The first-order valence-electron chi connectivity index (χ1n) is 14.2. The normalized spacial score (nSPS) is 16.4. The molecule has 3 heterocycles. The summed E-state index contributed by atoms with van der Waals surface area (Å²) < 4.78 is 13.5. The van der Waals surface area contributed by atoms with Crippen LogP contribution in [0.2, 0.25) is 0 Å². The highest BCUT2D eigenvalue weighted by Crippen LogP contribution is 2.40. The monoisotopic (exact) mass is 540 g/mol. The fraction of sp³-hybridized carbons (Fsp3) is 0.406. The number of likely N-dealkylation sites (tertiary alicyclic amines) is 1. The minimum absolute atomic E-state index is 0.267. The average molecular weight is 541 g/mol. The summed E-state index contributed by atoms with van der Waals surface area (Å²) in [5.74, 6) is 1.84. The summed E-state index contributed by atoms with van der Waals surface area (Å²) in [5.41, 5.74) is 5.61. The van der Waals surface area contributed by atoms with Gasteiger partial charge < -0.3 is 19.1 Å². The smallest absolute Gasteiger partial charge is 0.335 e. The van der Waals surface area contributed by atoms with Gasteiger partial charge in [-0.1, -0.05) is 30.3 Å². The molecule has 1 aliphatic heterocycles. The zero-order chi connectivity index (χ0) is 27.5. The van der Waals surface area contributed by atoms with Crippen molar-refractivity contribution in [3.05, 3.63) is 88.9 Å². The molecule has 0 amide bonds. The molecule has 40 heavy (non-hydrogen) atoms. The third-order valence-corrected chi connectivity index (χ3v) is 8.12. The van der Waals surface area contributed by atoms with E-state index in [0.29, 0.717) is 38.1 Å². The topological polar surface area (TPSA) is 89.7 Å². The molecular weight excluding hydrogens is 504 g/mol. The number of carboxylic acid groups (broad SMARTS) is 1. The van der Waals surface area contributed by atoms with Crippen molar-refractivity contribution in [1.82, 2.24) is 19.4 Å². The molecular formula is C32H36N4O4. The highest BCUT2D eigenvalue weighted by molar-refractivity contribution is 5.92. The van der Waals surface area contributed by atoms with Gasteiger partial charge in [-0.2, -0.15) is 0 Å². The van der Waals surface area contributed by atoms with Crippen LogP contribution < -0.4 is 4.74 Å². The molecule has 4 aromatic rings. The van der Waals surface area contributed by atoms with Crippen LogP contribution in [-0.2, 0) is 24.4 Å². The maximum atomic E-state index is 11.5. The highest BCUT2D eigenvalue weighted by atomic mass is 16.5. The van der Waals surface area contributed by atoms with Crippen molar-refractivity contribution in [3.8, 4) is 5.88 Å². The minimum atomic E-state index is -0.935. The molecule has 0 radical (unpaired) electrons.